The van der Waals surface area contributed by atoms with Crippen molar-refractivity contribution in [1.82, 2.24) is 9.80 Å². The predicted octanol–water partition coefficient (Wildman–Crippen LogP) is 3.77. The summed E-state index contributed by atoms with van der Waals surface area (Å²) in [6, 6.07) is 3.29. The van der Waals surface area contributed by atoms with Crippen molar-refractivity contribution in [3.05, 3.63) is 33.9 Å². The molecule has 1 heterocycles. The van der Waals surface area contributed by atoms with E-state index in [0.717, 1.165) is 13.0 Å². The van der Waals surface area contributed by atoms with Gasteiger partial charge in [-0.2, -0.15) is 0 Å². The molecule has 0 aliphatic carbocycles. The van der Waals surface area contributed by atoms with Crippen LogP contribution in [0.2, 0.25) is 0 Å². The van der Waals surface area contributed by atoms with E-state index >= 15 is 0 Å². The minimum absolute atomic E-state index is 0.107. The number of hydrogen-bond acceptors (Lipinski definition) is 7. The monoisotopic (exact) mass is 449 g/mol. The summed E-state index contributed by atoms with van der Waals surface area (Å²) in [5.74, 6) is -1.31. The molecule has 0 bridgehead atoms. The topological polar surface area (TPSA) is 119 Å². The number of nitrogens with zero attached hydrogens (tertiary/aromatic N) is 3. The standard InChI is InChI=1S/C22H31N3O7/c1-14(2)24(17-8-7-11-23(13-17)21(28)32-22(4,5)6)20(27)16-9-10-19(31-15(3)26)18(12-16)25(29)30/h9-10,12,14,17H,7-8,11,13H2,1-6H3/t17-/m1/s1. The fourth-order valence-corrected chi connectivity index (χ4v) is 3.68. The van der Waals surface area contributed by atoms with Gasteiger partial charge in [0.05, 0.1) is 11.0 Å². The Balaban J connectivity index is 2.29. The van der Waals surface area contributed by atoms with E-state index in [1.807, 2.05) is 13.8 Å². The first-order chi connectivity index (χ1) is 14.8. The summed E-state index contributed by atoms with van der Waals surface area (Å²) in [6.45, 7) is 11.1. The van der Waals surface area contributed by atoms with Gasteiger partial charge in [0, 0.05) is 37.7 Å². The van der Waals surface area contributed by atoms with Crippen molar-refractivity contribution in [2.75, 3.05) is 13.1 Å². The Morgan fingerprint density at radius 1 is 1.25 bits per heavy atom. The zero-order chi connectivity index (χ0) is 24.2. The molecule has 1 atom stereocenters. The largest absolute Gasteiger partial charge is 0.444 e. The van der Waals surface area contributed by atoms with Crippen LogP contribution < -0.4 is 4.74 Å². The fraction of sp³-hybridized carbons (Fsp3) is 0.591. The zero-order valence-electron chi connectivity index (χ0n) is 19.4. The number of nitro groups is 1. The lowest BCUT2D eigenvalue weighted by atomic mass is 10.0. The summed E-state index contributed by atoms with van der Waals surface area (Å²) in [5, 5.41) is 11.4. The molecule has 1 aromatic carbocycles. The first-order valence-electron chi connectivity index (χ1n) is 10.6. The Kier molecular flexibility index (Phi) is 7.82. The molecule has 1 aliphatic heterocycles. The molecule has 10 nitrogen and oxygen atoms in total. The summed E-state index contributed by atoms with van der Waals surface area (Å²) >= 11 is 0. The predicted molar refractivity (Wildman–Crippen MR) is 117 cm³/mol. The molecule has 0 N–H and O–H groups in total. The second-order valence-electron chi connectivity index (χ2n) is 9.06. The number of likely N-dealkylation sites (tertiary alicyclic amines) is 1. The van der Waals surface area contributed by atoms with Gasteiger partial charge < -0.3 is 19.3 Å². The van der Waals surface area contributed by atoms with Gasteiger partial charge in [0.2, 0.25) is 5.75 Å². The van der Waals surface area contributed by atoms with E-state index in [2.05, 4.69) is 0 Å². The Labute approximate surface area is 187 Å². The van der Waals surface area contributed by atoms with E-state index in [1.165, 1.54) is 12.1 Å². The van der Waals surface area contributed by atoms with E-state index < -0.39 is 34.2 Å². The Morgan fingerprint density at radius 3 is 2.44 bits per heavy atom. The lowest BCUT2D eigenvalue weighted by Crippen LogP contribution is -2.54. The van der Waals surface area contributed by atoms with E-state index in [1.54, 1.807) is 30.6 Å². The second kappa shape index (κ2) is 9.97. The fourth-order valence-electron chi connectivity index (χ4n) is 3.68. The van der Waals surface area contributed by atoms with Crippen LogP contribution in [0, 0.1) is 10.1 Å². The highest BCUT2D eigenvalue weighted by Gasteiger charge is 2.35. The van der Waals surface area contributed by atoms with Crippen LogP contribution >= 0.6 is 0 Å². The van der Waals surface area contributed by atoms with Crippen LogP contribution in [0.1, 0.15) is 64.7 Å². The SMILES string of the molecule is CC(=O)Oc1ccc(C(=O)N(C(C)C)[C@@H]2CCCN(C(=O)OC(C)(C)C)C2)cc1[N+](=O)[O-]. The normalized spacial score (nSPS) is 16.5. The van der Waals surface area contributed by atoms with Crippen molar-refractivity contribution in [2.24, 2.45) is 0 Å². The van der Waals surface area contributed by atoms with Crippen molar-refractivity contribution >= 4 is 23.7 Å². The quantitative estimate of drug-likeness (QED) is 0.290. The molecule has 2 rings (SSSR count). The van der Waals surface area contributed by atoms with Crippen LogP contribution in [0.4, 0.5) is 10.5 Å². The number of benzene rings is 1. The maximum atomic E-state index is 13.4. The number of rotatable bonds is 5. The Morgan fingerprint density at radius 2 is 1.91 bits per heavy atom. The van der Waals surface area contributed by atoms with Gasteiger partial charge in [0.1, 0.15) is 5.60 Å². The number of amides is 2. The van der Waals surface area contributed by atoms with Gasteiger partial charge in [-0.05, 0) is 59.6 Å². The first kappa shape index (κ1) is 25.1. The number of carbonyl (C=O) groups is 3. The molecule has 0 radical (unpaired) electrons. The third-order valence-electron chi connectivity index (χ3n) is 4.89. The molecule has 0 saturated carbocycles. The van der Waals surface area contributed by atoms with Crippen LogP contribution in [-0.4, -0.2) is 63.5 Å². The molecule has 1 aromatic rings. The average Bonchev–Trinajstić information content (AvgIpc) is 2.66. The van der Waals surface area contributed by atoms with Gasteiger partial charge in [-0.15, -0.1) is 0 Å². The van der Waals surface area contributed by atoms with Gasteiger partial charge in [-0.25, -0.2) is 4.79 Å². The highest BCUT2D eigenvalue weighted by Crippen LogP contribution is 2.30. The molecule has 0 unspecified atom stereocenters. The molecule has 1 fully saturated rings. The number of nitro benzene ring substituents is 1. The molecule has 1 aliphatic rings. The number of carbonyl (C=O) groups excluding carboxylic acids is 3. The Hall–Kier alpha value is -3.17. The summed E-state index contributed by atoms with van der Waals surface area (Å²) in [7, 11) is 0. The summed E-state index contributed by atoms with van der Waals surface area (Å²) in [6.07, 6.45) is 0.961. The van der Waals surface area contributed by atoms with Crippen molar-refractivity contribution in [2.45, 2.75) is 72.1 Å². The maximum absolute atomic E-state index is 13.4. The van der Waals surface area contributed by atoms with Crippen LogP contribution in [0.25, 0.3) is 0 Å². The van der Waals surface area contributed by atoms with E-state index in [0.29, 0.717) is 25.9 Å². The molecule has 32 heavy (non-hydrogen) atoms. The van der Waals surface area contributed by atoms with Crippen LogP contribution in [-0.2, 0) is 9.53 Å². The molecule has 2 amide bonds. The Bertz CT molecular complexity index is 892. The molecule has 0 aromatic heterocycles. The maximum Gasteiger partial charge on any atom is 0.410 e. The van der Waals surface area contributed by atoms with Crippen LogP contribution in [0.3, 0.4) is 0 Å². The van der Waals surface area contributed by atoms with E-state index in [-0.39, 0.29) is 23.4 Å². The van der Waals surface area contributed by atoms with Gasteiger partial charge in [0.15, 0.2) is 0 Å². The third-order valence-corrected chi connectivity index (χ3v) is 4.89. The van der Waals surface area contributed by atoms with Gasteiger partial charge in [-0.3, -0.25) is 19.7 Å². The molecular formula is C22H31N3O7. The molecule has 1 saturated heterocycles. The number of ether oxygens (including phenoxy) is 2. The molecule has 10 heteroatoms. The van der Waals surface area contributed by atoms with Gasteiger partial charge in [0.25, 0.3) is 5.91 Å². The lowest BCUT2D eigenvalue weighted by molar-refractivity contribution is -0.385. The zero-order valence-corrected chi connectivity index (χ0v) is 19.4. The molecule has 176 valence electrons. The lowest BCUT2D eigenvalue weighted by Gasteiger charge is -2.41. The van der Waals surface area contributed by atoms with Crippen molar-refractivity contribution < 1.29 is 28.8 Å². The third kappa shape index (κ3) is 6.41. The first-order valence-corrected chi connectivity index (χ1v) is 10.6. The van der Waals surface area contributed by atoms with Gasteiger partial charge >= 0.3 is 17.7 Å². The van der Waals surface area contributed by atoms with Crippen LogP contribution in [0.5, 0.6) is 5.75 Å². The van der Waals surface area contributed by atoms with Crippen molar-refractivity contribution in [1.29, 1.82) is 0 Å². The molecular weight excluding hydrogens is 418 g/mol. The van der Waals surface area contributed by atoms with E-state index in [9.17, 15) is 24.5 Å². The minimum Gasteiger partial charge on any atom is -0.444 e. The van der Waals surface area contributed by atoms with Crippen molar-refractivity contribution in [3.63, 3.8) is 0 Å². The summed E-state index contributed by atoms with van der Waals surface area (Å²) in [5.41, 5.74) is -0.982. The number of esters is 1. The minimum atomic E-state index is -0.695. The van der Waals surface area contributed by atoms with E-state index in [4.69, 9.17) is 9.47 Å². The number of piperidine rings is 1. The van der Waals surface area contributed by atoms with Crippen molar-refractivity contribution in [3.8, 4) is 5.75 Å². The van der Waals surface area contributed by atoms with Gasteiger partial charge in [-0.1, -0.05) is 0 Å². The second-order valence-corrected chi connectivity index (χ2v) is 9.06. The summed E-state index contributed by atoms with van der Waals surface area (Å²) < 4.78 is 10.3. The highest BCUT2D eigenvalue weighted by atomic mass is 16.6. The number of hydrogen-bond donors (Lipinski definition) is 0. The molecule has 0 spiro atoms. The summed E-state index contributed by atoms with van der Waals surface area (Å²) in [4.78, 5) is 51.1. The smallest absolute Gasteiger partial charge is 0.410 e. The van der Waals surface area contributed by atoms with Crippen LogP contribution in [0.15, 0.2) is 18.2 Å². The average molecular weight is 450 g/mol. The highest BCUT2D eigenvalue weighted by molar-refractivity contribution is 5.96.